The second kappa shape index (κ2) is 3.88. The molecule has 1 fully saturated rings. The summed E-state index contributed by atoms with van der Waals surface area (Å²) in [5, 5.41) is 1.94. The number of likely N-dealkylation sites (N-methyl/N-ethyl adjacent to an activating group) is 1. The van der Waals surface area contributed by atoms with Gasteiger partial charge in [-0.1, -0.05) is 30.0 Å². The number of hydrogen-bond acceptors (Lipinski definition) is 2. The van der Waals surface area contributed by atoms with Crippen LogP contribution in [0.15, 0.2) is 46.2 Å². The SMILES string of the molecule is CN1C/C(=C/Sc2ccccc2)C1=O. The molecule has 0 aliphatic carbocycles. The molecule has 1 amide bonds. The Morgan fingerprint density at radius 1 is 1.36 bits per heavy atom. The normalized spacial score (nSPS) is 18.5. The molecule has 0 aromatic heterocycles. The molecule has 1 heterocycles. The quantitative estimate of drug-likeness (QED) is 0.419. The first-order valence-electron chi connectivity index (χ1n) is 4.43. The Kier molecular flexibility index (Phi) is 2.59. The van der Waals surface area contributed by atoms with Crippen molar-refractivity contribution < 1.29 is 4.79 Å². The lowest BCUT2D eigenvalue weighted by atomic mass is 10.1. The zero-order valence-electron chi connectivity index (χ0n) is 7.93. The van der Waals surface area contributed by atoms with E-state index in [1.807, 2.05) is 42.8 Å². The first-order valence-corrected chi connectivity index (χ1v) is 5.31. The molecular weight excluding hydrogens is 194 g/mol. The lowest BCUT2D eigenvalue weighted by Crippen LogP contribution is -2.42. The van der Waals surface area contributed by atoms with Crippen LogP contribution < -0.4 is 0 Å². The van der Waals surface area contributed by atoms with Crippen LogP contribution in [0.2, 0.25) is 0 Å². The van der Waals surface area contributed by atoms with Crippen LogP contribution in [0, 0.1) is 0 Å². The van der Waals surface area contributed by atoms with E-state index >= 15 is 0 Å². The highest BCUT2D eigenvalue weighted by Gasteiger charge is 2.26. The summed E-state index contributed by atoms with van der Waals surface area (Å²) in [5.41, 5.74) is 0.904. The number of β-lactam (4-membered cyclic amide) rings is 1. The predicted molar refractivity (Wildman–Crippen MR) is 58.0 cm³/mol. The van der Waals surface area contributed by atoms with E-state index in [1.165, 1.54) is 4.90 Å². The molecular formula is C11H11NOS. The molecule has 1 aliphatic rings. The Hall–Kier alpha value is -1.22. The average Bonchev–Trinajstić information content (AvgIpc) is 2.25. The Labute approximate surface area is 87.6 Å². The van der Waals surface area contributed by atoms with Gasteiger partial charge in [0.15, 0.2) is 0 Å². The third-order valence-corrected chi connectivity index (χ3v) is 3.06. The number of thioether (sulfide) groups is 1. The van der Waals surface area contributed by atoms with E-state index in [1.54, 1.807) is 16.7 Å². The molecule has 0 unspecified atom stereocenters. The van der Waals surface area contributed by atoms with Crippen molar-refractivity contribution in [3.05, 3.63) is 41.3 Å². The van der Waals surface area contributed by atoms with Gasteiger partial charge in [0.2, 0.25) is 0 Å². The highest BCUT2D eigenvalue weighted by Crippen LogP contribution is 2.24. The van der Waals surface area contributed by atoms with Crippen molar-refractivity contribution >= 4 is 17.7 Å². The van der Waals surface area contributed by atoms with Crippen LogP contribution in [-0.2, 0) is 4.79 Å². The minimum atomic E-state index is 0.147. The van der Waals surface area contributed by atoms with Gasteiger partial charge in [0, 0.05) is 17.5 Å². The zero-order valence-corrected chi connectivity index (χ0v) is 8.75. The van der Waals surface area contributed by atoms with E-state index in [2.05, 4.69) is 0 Å². The molecule has 0 N–H and O–H groups in total. The van der Waals surface area contributed by atoms with Crippen LogP contribution in [-0.4, -0.2) is 24.4 Å². The fraction of sp³-hybridized carbons (Fsp3) is 0.182. The van der Waals surface area contributed by atoms with Crippen molar-refractivity contribution in [3.63, 3.8) is 0 Å². The van der Waals surface area contributed by atoms with Gasteiger partial charge in [-0.3, -0.25) is 4.79 Å². The van der Waals surface area contributed by atoms with Gasteiger partial charge in [-0.2, -0.15) is 0 Å². The predicted octanol–water partition coefficient (Wildman–Crippen LogP) is 2.13. The van der Waals surface area contributed by atoms with Crippen molar-refractivity contribution in [2.45, 2.75) is 4.90 Å². The highest BCUT2D eigenvalue weighted by molar-refractivity contribution is 8.02. The van der Waals surface area contributed by atoms with E-state index in [0.717, 1.165) is 12.1 Å². The maximum absolute atomic E-state index is 11.2. The number of nitrogens with zero attached hydrogens (tertiary/aromatic N) is 1. The van der Waals surface area contributed by atoms with Crippen LogP contribution >= 0.6 is 11.8 Å². The van der Waals surface area contributed by atoms with Gasteiger partial charge in [0.1, 0.15) is 0 Å². The molecule has 0 bridgehead atoms. The van der Waals surface area contributed by atoms with Gasteiger partial charge in [-0.05, 0) is 17.5 Å². The standard InChI is InChI=1S/C11H11NOS/c1-12-7-9(11(12)13)8-14-10-5-3-2-4-6-10/h2-6,8H,7H2,1H3/b9-8-. The van der Waals surface area contributed by atoms with Crippen LogP contribution in [0.5, 0.6) is 0 Å². The number of carbonyl (C=O) groups is 1. The maximum Gasteiger partial charge on any atom is 0.252 e. The van der Waals surface area contributed by atoms with Gasteiger partial charge in [-0.15, -0.1) is 0 Å². The molecule has 1 aromatic rings. The van der Waals surface area contributed by atoms with E-state index in [9.17, 15) is 4.79 Å². The Bertz CT molecular complexity index is 372. The second-order valence-electron chi connectivity index (χ2n) is 3.24. The largest absolute Gasteiger partial charge is 0.337 e. The van der Waals surface area contributed by atoms with Crippen LogP contribution in [0.3, 0.4) is 0 Å². The fourth-order valence-electron chi connectivity index (χ4n) is 1.27. The van der Waals surface area contributed by atoms with Crippen LogP contribution in [0.1, 0.15) is 0 Å². The first kappa shape index (κ1) is 9.34. The van der Waals surface area contributed by atoms with E-state index in [0.29, 0.717) is 0 Å². The molecule has 2 nitrogen and oxygen atoms in total. The summed E-state index contributed by atoms with van der Waals surface area (Å²) in [7, 11) is 1.81. The summed E-state index contributed by atoms with van der Waals surface area (Å²) >= 11 is 1.60. The van der Waals surface area contributed by atoms with Crippen molar-refractivity contribution in [1.29, 1.82) is 0 Å². The lowest BCUT2D eigenvalue weighted by molar-refractivity contribution is -0.130. The fourth-order valence-corrected chi connectivity index (χ4v) is 2.04. The number of rotatable bonds is 2. The molecule has 3 heteroatoms. The molecule has 0 radical (unpaired) electrons. The van der Waals surface area contributed by atoms with Crippen molar-refractivity contribution in [3.8, 4) is 0 Å². The van der Waals surface area contributed by atoms with Crippen molar-refractivity contribution in [2.24, 2.45) is 0 Å². The number of benzene rings is 1. The summed E-state index contributed by atoms with van der Waals surface area (Å²) in [6.07, 6.45) is 0. The second-order valence-corrected chi connectivity index (χ2v) is 4.18. The maximum atomic E-state index is 11.2. The molecule has 0 saturated carbocycles. The number of hydrogen-bond donors (Lipinski definition) is 0. The molecule has 2 rings (SSSR count). The zero-order chi connectivity index (χ0) is 9.97. The summed E-state index contributed by atoms with van der Waals surface area (Å²) in [6, 6.07) is 10.0. The smallest absolute Gasteiger partial charge is 0.252 e. The minimum absolute atomic E-state index is 0.147. The highest BCUT2D eigenvalue weighted by atomic mass is 32.2. The van der Waals surface area contributed by atoms with E-state index < -0.39 is 0 Å². The molecule has 1 aliphatic heterocycles. The molecule has 1 saturated heterocycles. The lowest BCUT2D eigenvalue weighted by Gasteiger charge is -2.28. The Morgan fingerprint density at radius 3 is 2.64 bits per heavy atom. The Morgan fingerprint density at radius 2 is 2.07 bits per heavy atom. The molecule has 1 aromatic carbocycles. The van der Waals surface area contributed by atoms with Gasteiger partial charge < -0.3 is 4.90 Å². The first-order chi connectivity index (χ1) is 6.77. The van der Waals surface area contributed by atoms with Crippen molar-refractivity contribution in [2.75, 3.05) is 13.6 Å². The van der Waals surface area contributed by atoms with Crippen LogP contribution in [0.4, 0.5) is 0 Å². The third kappa shape index (κ3) is 1.82. The van der Waals surface area contributed by atoms with E-state index in [4.69, 9.17) is 0 Å². The van der Waals surface area contributed by atoms with Gasteiger partial charge >= 0.3 is 0 Å². The molecule has 72 valence electrons. The monoisotopic (exact) mass is 205 g/mol. The molecule has 14 heavy (non-hydrogen) atoms. The number of amides is 1. The molecule has 0 atom stereocenters. The van der Waals surface area contributed by atoms with Gasteiger partial charge in [0.25, 0.3) is 5.91 Å². The van der Waals surface area contributed by atoms with Crippen LogP contribution in [0.25, 0.3) is 0 Å². The average molecular weight is 205 g/mol. The third-order valence-electron chi connectivity index (χ3n) is 2.11. The summed E-state index contributed by atoms with van der Waals surface area (Å²) < 4.78 is 0. The summed E-state index contributed by atoms with van der Waals surface area (Å²) in [5.74, 6) is 0.147. The number of likely N-dealkylation sites (tertiary alicyclic amines) is 1. The minimum Gasteiger partial charge on any atom is -0.337 e. The summed E-state index contributed by atoms with van der Waals surface area (Å²) in [6.45, 7) is 0.776. The number of carbonyl (C=O) groups excluding carboxylic acids is 1. The van der Waals surface area contributed by atoms with Crippen molar-refractivity contribution in [1.82, 2.24) is 4.90 Å². The summed E-state index contributed by atoms with van der Waals surface area (Å²) in [4.78, 5) is 14.1. The Balaban J connectivity index is 1.98. The molecule has 0 spiro atoms. The van der Waals surface area contributed by atoms with Gasteiger partial charge in [0.05, 0.1) is 6.54 Å². The van der Waals surface area contributed by atoms with Gasteiger partial charge in [-0.25, -0.2) is 0 Å². The van der Waals surface area contributed by atoms with E-state index in [-0.39, 0.29) is 5.91 Å². The topological polar surface area (TPSA) is 20.3 Å².